The van der Waals surface area contributed by atoms with Crippen molar-refractivity contribution in [2.75, 3.05) is 33.3 Å². The van der Waals surface area contributed by atoms with E-state index in [-0.39, 0.29) is 24.3 Å². The first-order valence-electron chi connectivity index (χ1n) is 9.91. The molecule has 0 saturated carbocycles. The zero-order chi connectivity index (χ0) is 19.3. The first-order valence-corrected chi connectivity index (χ1v) is 9.91. The Hall–Kier alpha value is -1.92. The van der Waals surface area contributed by atoms with E-state index < -0.39 is 5.60 Å². The smallest absolute Gasteiger partial charge is 0.305 e. The van der Waals surface area contributed by atoms with E-state index in [2.05, 4.69) is 9.64 Å². The Kier molecular flexibility index (Phi) is 6.50. The summed E-state index contributed by atoms with van der Waals surface area (Å²) in [7, 11) is 1.36. The molecule has 148 valence electrons. The lowest BCUT2D eigenvalue weighted by Crippen LogP contribution is -2.61. The highest BCUT2D eigenvalue weighted by molar-refractivity contribution is 5.77. The van der Waals surface area contributed by atoms with Gasteiger partial charge < -0.3 is 14.7 Å². The van der Waals surface area contributed by atoms with Crippen LogP contribution in [0.4, 0.5) is 0 Å². The summed E-state index contributed by atoms with van der Waals surface area (Å²) in [6.45, 7) is 2.99. The van der Waals surface area contributed by atoms with Crippen LogP contribution in [0.5, 0.6) is 0 Å². The van der Waals surface area contributed by atoms with Gasteiger partial charge in [-0.1, -0.05) is 30.3 Å². The van der Waals surface area contributed by atoms with E-state index >= 15 is 0 Å². The number of amides is 1. The number of rotatable bonds is 6. The Morgan fingerprint density at radius 3 is 2.52 bits per heavy atom. The second-order valence-corrected chi connectivity index (χ2v) is 7.57. The number of aliphatic hydroxyl groups is 1. The molecular weight excluding hydrogens is 344 g/mol. The molecule has 27 heavy (non-hydrogen) atoms. The standard InChI is InChI=1S/C21H30N2O4/c1-27-20(25)11-7-10-19(24)23-15-12-21(26,17-8-3-2-4-9-17)18(16-23)22-13-5-6-14-22/h2-4,8-9,18,26H,5-7,10-16H2,1H3/t18-,21+/m1/s1. The first-order chi connectivity index (χ1) is 13.0. The van der Waals surface area contributed by atoms with Crippen LogP contribution in [0.3, 0.4) is 0 Å². The third-order valence-electron chi connectivity index (χ3n) is 5.91. The number of nitrogens with zero attached hydrogens (tertiary/aromatic N) is 2. The summed E-state index contributed by atoms with van der Waals surface area (Å²) < 4.78 is 4.63. The Balaban J connectivity index is 1.70. The van der Waals surface area contributed by atoms with Crippen LogP contribution in [0, 0.1) is 0 Å². The lowest BCUT2D eigenvalue weighted by Gasteiger charge is -2.48. The van der Waals surface area contributed by atoms with E-state index in [1.54, 1.807) is 0 Å². The van der Waals surface area contributed by atoms with Crippen molar-refractivity contribution in [3.05, 3.63) is 35.9 Å². The summed E-state index contributed by atoms with van der Waals surface area (Å²) in [5.41, 5.74) is -0.00585. The predicted octanol–water partition coefficient (Wildman–Crippen LogP) is 1.91. The number of piperidine rings is 1. The number of ether oxygens (including phenoxy) is 1. The van der Waals surface area contributed by atoms with Crippen LogP contribution in [0.15, 0.2) is 30.3 Å². The van der Waals surface area contributed by atoms with Gasteiger partial charge in [0.2, 0.25) is 5.91 Å². The summed E-state index contributed by atoms with van der Waals surface area (Å²) in [6, 6.07) is 9.74. The molecule has 6 nitrogen and oxygen atoms in total. The van der Waals surface area contributed by atoms with E-state index in [1.165, 1.54) is 7.11 Å². The zero-order valence-electron chi connectivity index (χ0n) is 16.1. The van der Waals surface area contributed by atoms with Gasteiger partial charge in [-0.2, -0.15) is 0 Å². The maximum atomic E-state index is 12.6. The molecule has 2 saturated heterocycles. The van der Waals surface area contributed by atoms with Gasteiger partial charge in [0.25, 0.3) is 0 Å². The maximum absolute atomic E-state index is 12.6. The van der Waals surface area contributed by atoms with Gasteiger partial charge in [0.05, 0.1) is 13.2 Å². The fraction of sp³-hybridized carbons (Fsp3) is 0.619. The molecule has 6 heteroatoms. The van der Waals surface area contributed by atoms with Crippen molar-refractivity contribution in [2.45, 2.75) is 50.2 Å². The van der Waals surface area contributed by atoms with Gasteiger partial charge in [0, 0.05) is 25.9 Å². The minimum absolute atomic E-state index is 0.0539. The number of carbonyl (C=O) groups is 2. The van der Waals surface area contributed by atoms with E-state index in [0.29, 0.717) is 32.4 Å². The summed E-state index contributed by atoms with van der Waals surface area (Å²) >= 11 is 0. The van der Waals surface area contributed by atoms with Crippen LogP contribution >= 0.6 is 0 Å². The van der Waals surface area contributed by atoms with Gasteiger partial charge in [-0.25, -0.2) is 0 Å². The summed E-state index contributed by atoms with van der Waals surface area (Å²) in [5, 5.41) is 11.6. The fourth-order valence-corrected chi connectivity index (χ4v) is 4.33. The van der Waals surface area contributed by atoms with Crippen molar-refractivity contribution < 1.29 is 19.4 Å². The van der Waals surface area contributed by atoms with Gasteiger partial charge in [-0.15, -0.1) is 0 Å². The van der Waals surface area contributed by atoms with E-state index in [4.69, 9.17) is 0 Å². The Labute approximate surface area is 161 Å². The Bertz CT molecular complexity index is 645. The predicted molar refractivity (Wildman–Crippen MR) is 102 cm³/mol. The van der Waals surface area contributed by atoms with Crippen molar-refractivity contribution in [1.82, 2.24) is 9.80 Å². The third kappa shape index (κ3) is 4.50. The van der Waals surface area contributed by atoms with Gasteiger partial charge in [-0.05, 0) is 44.3 Å². The van der Waals surface area contributed by atoms with Gasteiger partial charge in [-0.3, -0.25) is 14.5 Å². The topological polar surface area (TPSA) is 70.1 Å². The molecule has 2 aliphatic heterocycles. The van der Waals surface area contributed by atoms with Gasteiger partial charge >= 0.3 is 5.97 Å². The molecule has 0 aliphatic carbocycles. The van der Waals surface area contributed by atoms with Crippen molar-refractivity contribution in [1.29, 1.82) is 0 Å². The highest BCUT2D eigenvalue weighted by Gasteiger charge is 2.46. The molecule has 2 heterocycles. The molecule has 1 N–H and O–H groups in total. The number of hydrogen-bond acceptors (Lipinski definition) is 5. The van der Waals surface area contributed by atoms with E-state index in [1.807, 2.05) is 35.2 Å². The lowest BCUT2D eigenvalue weighted by molar-refractivity contribution is -0.143. The molecule has 0 aromatic heterocycles. The quantitative estimate of drug-likeness (QED) is 0.771. The second kappa shape index (κ2) is 8.85. The monoisotopic (exact) mass is 374 g/mol. The SMILES string of the molecule is COC(=O)CCCC(=O)N1CC[C@](O)(c2ccccc2)[C@H](N2CCCC2)C1. The number of likely N-dealkylation sites (tertiary alicyclic amines) is 2. The number of esters is 1. The molecule has 0 unspecified atom stereocenters. The fourth-order valence-electron chi connectivity index (χ4n) is 4.33. The van der Waals surface area contributed by atoms with E-state index in [9.17, 15) is 14.7 Å². The van der Waals surface area contributed by atoms with Gasteiger partial charge in [0.1, 0.15) is 5.60 Å². The molecule has 0 bridgehead atoms. The zero-order valence-corrected chi connectivity index (χ0v) is 16.1. The van der Waals surface area contributed by atoms with Crippen LogP contribution in [0.1, 0.15) is 44.1 Å². The van der Waals surface area contributed by atoms with Crippen molar-refractivity contribution in [2.24, 2.45) is 0 Å². The number of methoxy groups -OCH3 is 1. The largest absolute Gasteiger partial charge is 0.469 e. The summed E-state index contributed by atoms with van der Waals surface area (Å²) in [5.74, 6) is -0.229. The van der Waals surface area contributed by atoms with Crippen LogP contribution in [-0.4, -0.2) is 66.1 Å². The van der Waals surface area contributed by atoms with Gasteiger partial charge in [0.15, 0.2) is 0 Å². The normalized spacial score (nSPS) is 26.1. The summed E-state index contributed by atoms with van der Waals surface area (Å²) in [4.78, 5) is 28.1. The Morgan fingerprint density at radius 1 is 1.15 bits per heavy atom. The number of carbonyl (C=O) groups excluding carboxylic acids is 2. The molecule has 1 amide bonds. The average Bonchev–Trinajstić information content (AvgIpc) is 3.23. The second-order valence-electron chi connectivity index (χ2n) is 7.57. The first kappa shape index (κ1) is 19.8. The molecular formula is C21H30N2O4. The minimum Gasteiger partial charge on any atom is -0.469 e. The van der Waals surface area contributed by atoms with Crippen molar-refractivity contribution in [3.63, 3.8) is 0 Å². The highest BCUT2D eigenvalue weighted by Crippen LogP contribution is 2.37. The highest BCUT2D eigenvalue weighted by atomic mass is 16.5. The van der Waals surface area contributed by atoms with Crippen molar-refractivity contribution >= 4 is 11.9 Å². The molecule has 1 aromatic rings. The number of benzene rings is 1. The van der Waals surface area contributed by atoms with Crippen LogP contribution in [0.25, 0.3) is 0 Å². The molecule has 0 spiro atoms. The molecule has 2 fully saturated rings. The van der Waals surface area contributed by atoms with Crippen molar-refractivity contribution in [3.8, 4) is 0 Å². The van der Waals surface area contributed by atoms with Crippen LogP contribution in [-0.2, 0) is 19.9 Å². The minimum atomic E-state index is -0.936. The molecule has 0 radical (unpaired) electrons. The third-order valence-corrected chi connectivity index (χ3v) is 5.91. The molecule has 1 aromatic carbocycles. The van der Waals surface area contributed by atoms with Crippen LogP contribution in [0.2, 0.25) is 0 Å². The van der Waals surface area contributed by atoms with E-state index in [0.717, 1.165) is 31.5 Å². The lowest BCUT2D eigenvalue weighted by atomic mass is 9.79. The average molecular weight is 374 g/mol. The maximum Gasteiger partial charge on any atom is 0.305 e. The molecule has 2 aliphatic rings. The Morgan fingerprint density at radius 2 is 1.85 bits per heavy atom. The van der Waals surface area contributed by atoms with Crippen LogP contribution < -0.4 is 0 Å². The number of hydrogen-bond donors (Lipinski definition) is 1. The molecule has 3 rings (SSSR count). The summed E-state index contributed by atoms with van der Waals surface area (Å²) in [6.07, 6.45) is 3.90. The molecule has 2 atom stereocenters.